The van der Waals surface area contributed by atoms with E-state index in [4.69, 9.17) is 4.74 Å². The van der Waals surface area contributed by atoms with Crippen LogP contribution in [0.1, 0.15) is 39.2 Å². The molecule has 1 aliphatic carbocycles. The molecule has 1 amide bonds. The van der Waals surface area contributed by atoms with Crippen LogP contribution in [0.5, 0.6) is 0 Å². The molecule has 7 nitrogen and oxygen atoms in total. The molecule has 2 aromatic rings. The van der Waals surface area contributed by atoms with Crippen LogP contribution in [0.2, 0.25) is 0 Å². The number of rotatable bonds is 4. The molecule has 1 aliphatic rings. The van der Waals surface area contributed by atoms with Gasteiger partial charge in [0.15, 0.2) is 0 Å². The third-order valence-corrected chi connectivity index (χ3v) is 4.40. The van der Waals surface area contributed by atoms with Gasteiger partial charge < -0.3 is 20.7 Å². The standard InChI is InChI=1S/C22H26FN5O2/c1-22(2,3)30-21(29)27-18-11-14(12-18)5-6-15-13-25-20(28-19(15)24-4)26-17-9-7-16(23)8-10-17/h7-10,13-14,18H,11-12H2,1-4H3,(H,27,29)(H2,24,25,26,28)/t14-,18+. The molecule has 8 heteroatoms. The van der Waals surface area contributed by atoms with E-state index in [1.807, 2.05) is 20.8 Å². The van der Waals surface area contributed by atoms with Gasteiger partial charge in [0.2, 0.25) is 5.95 Å². The molecule has 3 rings (SSSR count). The van der Waals surface area contributed by atoms with E-state index in [0.29, 0.717) is 23.0 Å². The van der Waals surface area contributed by atoms with Crippen LogP contribution in [0, 0.1) is 23.6 Å². The van der Waals surface area contributed by atoms with E-state index in [-0.39, 0.29) is 17.8 Å². The molecule has 3 N–H and O–H groups in total. The predicted octanol–water partition coefficient (Wildman–Crippen LogP) is 4.06. The summed E-state index contributed by atoms with van der Waals surface area (Å²) >= 11 is 0. The molecule has 0 saturated heterocycles. The zero-order chi connectivity index (χ0) is 21.7. The highest BCUT2D eigenvalue weighted by Gasteiger charge is 2.30. The first kappa shape index (κ1) is 21.4. The van der Waals surface area contributed by atoms with Crippen LogP contribution in [0.25, 0.3) is 0 Å². The van der Waals surface area contributed by atoms with Crippen molar-refractivity contribution >= 4 is 23.5 Å². The monoisotopic (exact) mass is 411 g/mol. The van der Waals surface area contributed by atoms with Crippen molar-refractivity contribution in [2.24, 2.45) is 5.92 Å². The number of anilines is 3. The molecule has 1 aromatic carbocycles. The maximum atomic E-state index is 13.0. The van der Waals surface area contributed by atoms with Crippen molar-refractivity contribution in [3.05, 3.63) is 41.8 Å². The highest BCUT2D eigenvalue weighted by molar-refractivity contribution is 5.68. The highest BCUT2D eigenvalue weighted by atomic mass is 19.1. The molecular weight excluding hydrogens is 385 g/mol. The topological polar surface area (TPSA) is 88.2 Å². The molecule has 30 heavy (non-hydrogen) atoms. The summed E-state index contributed by atoms with van der Waals surface area (Å²) in [5, 5.41) is 8.91. The number of amides is 1. The summed E-state index contributed by atoms with van der Waals surface area (Å²) in [5.41, 5.74) is 0.870. The van der Waals surface area contributed by atoms with Crippen molar-refractivity contribution in [3.63, 3.8) is 0 Å². The van der Waals surface area contributed by atoms with Crippen molar-refractivity contribution < 1.29 is 13.9 Å². The Bertz CT molecular complexity index is 954. The van der Waals surface area contributed by atoms with E-state index in [0.717, 1.165) is 12.8 Å². The van der Waals surface area contributed by atoms with Gasteiger partial charge in [-0.05, 0) is 57.9 Å². The van der Waals surface area contributed by atoms with Crippen LogP contribution >= 0.6 is 0 Å². The predicted molar refractivity (Wildman–Crippen MR) is 114 cm³/mol. The van der Waals surface area contributed by atoms with Crippen LogP contribution in [0.15, 0.2) is 30.5 Å². The minimum absolute atomic E-state index is 0.0847. The Balaban J connectivity index is 1.56. The van der Waals surface area contributed by atoms with Gasteiger partial charge in [0.05, 0.1) is 11.8 Å². The molecule has 1 fully saturated rings. The molecule has 158 valence electrons. The number of alkyl carbamates (subject to hydrolysis) is 1. The van der Waals surface area contributed by atoms with E-state index in [1.165, 1.54) is 12.1 Å². The van der Waals surface area contributed by atoms with E-state index >= 15 is 0 Å². The van der Waals surface area contributed by atoms with Gasteiger partial charge in [0, 0.05) is 24.7 Å². The van der Waals surface area contributed by atoms with Gasteiger partial charge in [0.1, 0.15) is 17.2 Å². The van der Waals surface area contributed by atoms with Gasteiger partial charge in [-0.2, -0.15) is 4.98 Å². The van der Waals surface area contributed by atoms with Crippen LogP contribution < -0.4 is 16.0 Å². The Morgan fingerprint density at radius 2 is 1.93 bits per heavy atom. The fourth-order valence-corrected chi connectivity index (χ4v) is 2.89. The zero-order valence-corrected chi connectivity index (χ0v) is 17.5. The second kappa shape index (κ2) is 8.99. The first-order chi connectivity index (χ1) is 14.2. The molecule has 0 unspecified atom stereocenters. The van der Waals surface area contributed by atoms with Crippen molar-refractivity contribution in [2.45, 2.75) is 45.3 Å². The number of hydrogen-bond acceptors (Lipinski definition) is 6. The number of aromatic nitrogens is 2. The average Bonchev–Trinajstić information content (AvgIpc) is 2.64. The zero-order valence-electron chi connectivity index (χ0n) is 17.5. The number of hydrogen-bond donors (Lipinski definition) is 3. The lowest BCUT2D eigenvalue weighted by molar-refractivity contribution is 0.0467. The first-order valence-electron chi connectivity index (χ1n) is 9.80. The maximum Gasteiger partial charge on any atom is 0.407 e. The second-order valence-corrected chi connectivity index (χ2v) is 8.12. The van der Waals surface area contributed by atoms with E-state index in [2.05, 4.69) is 37.8 Å². The lowest BCUT2D eigenvalue weighted by Gasteiger charge is -2.33. The Hall–Kier alpha value is -3.34. The van der Waals surface area contributed by atoms with Crippen molar-refractivity contribution in [1.29, 1.82) is 0 Å². The van der Waals surface area contributed by atoms with Crippen molar-refractivity contribution in [1.82, 2.24) is 15.3 Å². The summed E-state index contributed by atoms with van der Waals surface area (Å²) in [6.07, 6.45) is 2.82. The van der Waals surface area contributed by atoms with Gasteiger partial charge in [-0.25, -0.2) is 14.2 Å². The number of benzene rings is 1. The van der Waals surface area contributed by atoms with Gasteiger partial charge in [-0.3, -0.25) is 0 Å². The van der Waals surface area contributed by atoms with E-state index in [9.17, 15) is 9.18 Å². The summed E-state index contributed by atoms with van der Waals surface area (Å²) in [7, 11) is 1.76. The van der Waals surface area contributed by atoms with Gasteiger partial charge >= 0.3 is 6.09 Å². The summed E-state index contributed by atoms with van der Waals surface area (Å²) in [4.78, 5) is 20.5. The summed E-state index contributed by atoms with van der Waals surface area (Å²) in [6.45, 7) is 5.51. The lowest BCUT2D eigenvalue weighted by Crippen LogP contribution is -2.45. The Labute approximate surface area is 175 Å². The third kappa shape index (κ3) is 6.08. The van der Waals surface area contributed by atoms with E-state index < -0.39 is 11.7 Å². The van der Waals surface area contributed by atoms with Crippen molar-refractivity contribution in [2.75, 3.05) is 17.7 Å². The number of halogens is 1. The number of nitrogens with one attached hydrogen (secondary N) is 3. The Morgan fingerprint density at radius 3 is 2.57 bits per heavy atom. The molecule has 0 aliphatic heterocycles. The number of carbonyl (C=O) groups excluding carboxylic acids is 1. The molecule has 0 spiro atoms. The molecule has 1 heterocycles. The third-order valence-electron chi connectivity index (χ3n) is 4.40. The Morgan fingerprint density at radius 1 is 1.23 bits per heavy atom. The normalized spacial score (nSPS) is 17.8. The quantitative estimate of drug-likeness (QED) is 0.658. The molecular formula is C22H26FN5O2. The van der Waals surface area contributed by atoms with Gasteiger partial charge in [-0.1, -0.05) is 11.8 Å². The second-order valence-electron chi connectivity index (χ2n) is 8.12. The summed E-state index contributed by atoms with van der Waals surface area (Å²) in [6, 6.07) is 6.05. The average molecular weight is 411 g/mol. The number of carbonyl (C=O) groups is 1. The SMILES string of the molecule is CNc1nc(Nc2ccc(F)cc2)ncc1C#C[C@H]1C[C@@H](NC(=O)OC(C)(C)C)C1. The summed E-state index contributed by atoms with van der Waals surface area (Å²) in [5.74, 6) is 7.22. The first-order valence-corrected chi connectivity index (χ1v) is 9.80. The highest BCUT2D eigenvalue weighted by Crippen LogP contribution is 2.27. The molecule has 0 bridgehead atoms. The van der Waals surface area contributed by atoms with E-state index in [1.54, 1.807) is 25.4 Å². The largest absolute Gasteiger partial charge is 0.444 e. The fourth-order valence-electron chi connectivity index (χ4n) is 2.89. The van der Waals surface area contributed by atoms with Gasteiger partial charge in [0.25, 0.3) is 0 Å². The summed E-state index contributed by atoms with van der Waals surface area (Å²) < 4.78 is 18.3. The molecule has 1 saturated carbocycles. The Kier molecular flexibility index (Phi) is 6.40. The lowest BCUT2D eigenvalue weighted by atomic mass is 9.81. The van der Waals surface area contributed by atoms with Crippen LogP contribution in [-0.4, -0.2) is 34.8 Å². The minimum atomic E-state index is -0.506. The number of nitrogens with zero attached hydrogens (tertiary/aromatic N) is 2. The van der Waals surface area contributed by atoms with Crippen LogP contribution in [0.4, 0.5) is 26.6 Å². The molecule has 0 radical (unpaired) electrons. The fraction of sp³-hybridized carbons (Fsp3) is 0.409. The van der Waals surface area contributed by atoms with Crippen molar-refractivity contribution in [3.8, 4) is 11.8 Å². The molecule has 0 atom stereocenters. The minimum Gasteiger partial charge on any atom is -0.444 e. The van der Waals surface area contributed by atoms with Crippen LogP contribution in [0.3, 0.4) is 0 Å². The number of ether oxygens (including phenoxy) is 1. The van der Waals surface area contributed by atoms with Gasteiger partial charge in [-0.15, -0.1) is 0 Å². The maximum absolute atomic E-state index is 13.0. The van der Waals surface area contributed by atoms with Crippen LogP contribution in [-0.2, 0) is 4.74 Å². The smallest absolute Gasteiger partial charge is 0.407 e. The molecule has 1 aromatic heterocycles.